The van der Waals surface area contributed by atoms with E-state index >= 15 is 0 Å². The summed E-state index contributed by atoms with van der Waals surface area (Å²) >= 11 is 0. The normalized spacial score (nSPS) is 24.7. The highest BCUT2D eigenvalue weighted by Crippen LogP contribution is 2.33. The van der Waals surface area contributed by atoms with E-state index in [0.29, 0.717) is 25.7 Å². The Morgan fingerprint density at radius 3 is 2.73 bits per heavy atom. The second-order valence-corrected chi connectivity index (χ2v) is 6.94. The van der Waals surface area contributed by atoms with Crippen LogP contribution < -0.4 is 0 Å². The van der Waals surface area contributed by atoms with Crippen molar-refractivity contribution in [3.05, 3.63) is 24.3 Å². The Bertz CT molecular complexity index is 485. The Morgan fingerprint density at radius 1 is 1.31 bits per heavy atom. The molecular formula is C20H32O6. The van der Waals surface area contributed by atoms with Crippen molar-refractivity contribution in [1.82, 2.24) is 0 Å². The van der Waals surface area contributed by atoms with Gasteiger partial charge in [0.05, 0.1) is 6.10 Å². The smallest absolute Gasteiger partial charge is 0.303 e. The molecule has 0 saturated heterocycles. The first-order valence-corrected chi connectivity index (χ1v) is 9.55. The molecule has 1 rings (SSSR count). The van der Waals surface area contributed by atoms with Crippen molar-refractivity contribution in [2.75, 3.05) is 0 Å². The molecule has 148 valence electrons. The summed E-state index contributed by atoms with van der Waals surface area (Å²) in [5.74, 6) is -1.34. The fraction of sp³-hybridized carbons (Fsp3) is 0.700. The van der Waals surface area contributed by atoms with Gasteiger partial charge in [-0.3, -0.25) is 14.8 Å². The monoisotopic (exact) mass is 368 g/mol. The van der Waals surface area contributed by atoms with E-state index in [2.05, 4.69) is 11.8 Å². The van der Waals surface area contributed by atoms with E-state index in [1.807, 2.05) is 12.2 Å². The molecule has 0 radical (unpaired) electrons. The molecule has 0 amide bonds. The molecule has 0 aromatic heterocycles. The molecule has 6 nitrogen and oxygen atoms in total. The number of aliphatic hydroxyl groups excluding tert-OH is 1. The topological polar surface area (TPSA) is 104 Å². The standard InChI is InChI=1S/C20H32O6/c1-2-3-6-9-15(26-25)12-13-17-16(18(21)14-19(17)22)10-7-4-5-8-11-20(23)24/h4,7,12-13,15-17,19,22,25H,2-3,5-6,8-11,14H2,1H3,(H,23,24)/t15-,16+,17+,19+/m0/s1. The van der Waals surface area contributed by atoms with Gasteiger partial charge >= 0.3 is 5.97 Å². The quantitative estimate of drug-likeness (QED) is 0.198. The highest BCUT2D eigenvalue weighted by atomic mass is 17.1. The van der Waals surface area contributed by atoms with Crippen molar-refractivity contribution >= 4 is 11.8 Å². The van der Waals surface area contributed by atoms with Gasteiger partial charge in [-0.1, -0.05) is 50.5 Å². The summed E-state index contributed by atoms with van der Waals surface area (Å²) in [5, 5.41) is 27.8. The molecule has 1 aliphatic carbocycles. The lowest BCUT2D eigenvalue weighted by atomic mass is 9.90. The summed E-state index contributed by atoms with van der Waals surface area (Å²) in [4.78, 5) is 27.1. The number of carboxylic acid groups (broad SMARTS) is 1. The zero-order valence-corrected chi connectivity index (χ0v) is 15.5. The SMILES string of the molecule is CCCCC[C@@H](C=C[C@H]1[C@H](O)CC(=O)[C@@H]1CC=CCCCC(=O)O)OO. The molecule has 0 bridgehead atoms. The van der Waals surface area contributed by atoms with E-state index in [4.69, 9.17) is 10.4 Å². The van der Waals surface area contributed by atoms with Gasteiger partial charge in [-0.15, -0.1) is 0 Å². The first-order valence-electron chi connectivity index (χ1n) is 9.55. The van der Waals surface area contributed by atoms with Gasteiger partial charge < -0.3 is 10.2 Å². The van der Waals surface area contributed by atoms with Crippen molar-refractivity contribution in [3.63, 3.8) is 0 Å². The van der Waals surface area contributed by atoms with Gasteiger partial charge in [0.1, 0.15) is 11.9 Å². The van der Waals surface area contributed by atoms with Gasteiger partial charge in [0.25, 0.3) is 0 Å². The minimum Gasteiger partial charge on any atom is -0.481 e. The molecule has 0 heterocycles. The van der Waals surface area contributed by atoms with Crippen LogP contribution in [0.25, 0.3) is 0 Å². The summed E-state index contributed by atoms with van der Waals surface area (Å²) in [6.07, 6.45) is 12.0. The van der Waals surface area contributed by atoms with E-state index in [-0.39, 0.29) is 30.5 Å². The van der Waals surface area contributed by atoms with Crippen LogP contribution >= 0.6 is 0 Å². The molecule has 1 aliphatic rings. The summed E-state index contributed by atoms with van der Waals surface area (Å²) in [6, 6.07) is 0. The zero-order valence-electron chi connectivity index (χ0n) is 15.5. The minimum atomic E-state index is -0.808. The number of aliphatic carboxylic acids is 1. The van der Waals surface area contributed by atoms with E-state index in [1.54, 1.807) is 12.2 Å². The van der Waals surface area contributed by atoms with Crippen LogP contribution in [0.3, 0.4) is 0 Å². The number of hydrogen-bond donors (Lipinski definition) is 3. The molecule has 0 unspecified atom stereocenters. The fourth-order valence-corrected chi connectivity index (χ4v) is 3.29. The Kier molecular flexibility index (Phi) is 11.1. The number of rotatable bonds is 13. The average molecular weight is 368 g/mol. The lowest BCUT2D eigenvalue weighted by molar-refractivity contribution is -0.267. The van der Waals surface area contributed by atoms with Crippen molar-refractivity contribution in [2.45, 2.75) is 76.9 Å². The van der Waals surface area contributed by atoms with Gasteiger partial charge in [0.15, 0.2) is 0 Å². The Balaban J connectivity index is 2.54. The van der Waals surface area contributed by atoms with Gasteiger partial charge in [-0.05, 0) is 25.7 Å². The Hall–Kier alpha value is -1.50. The summed E-state index contributed by atoms with van der Waals surface area (Å²) in [5.41, 5.74) is 0. The van der Waals surface area contributed by atoms with Gasteiger partial charge in [-0.2, -0.15) is 0 Å². The molecule has 0 aliphatic heterocycles. The van der Waals surface area contributed by atoms with Crippen molar-refractivity contribution < 1.29 is 29.9 Å². The number of ketones is 1. The first kappa shape index (κ1) is 22.5. The highest BCUT2D eigenvalue weighted by molar-refractivity contribution is 5.84. The van der Waals surface area contributed by atoms with Crippen molar-refractivity contribution in [3.8, 4) is 0 Å². The first-order chi connectivity index (χ1) is 12.5. The number of hydrogen-bond acceptors (Lipinski definition) is 5. The molecule has 4 atom stereocenters. The second kappa shape index (κ2) is 12.8. The molecule has 1 fully saturated rings. The third kappa shape index (κ3) is 8.25. The van der Waals surface area contributed by atoms with Crippen molar-refractivity contribution in [1.29, 1.82) is 0 Å². The summed E-state index contributed by atoms with van der Waals surface area (Å²) in [7, 11) is 0. The largest absolute Gasteiger partial charge is 0.481 e. The fourth-order valence-electron chi connectivity index (χ4n) is 3.29. The number of Topliss-reactive ketones (excluding diaryl/α,β-unsaturated/α-hetero) is 1. The summed E-state index contributed by atoms with van der Waals surface area (Å²) < 4.78 is 0. The molecule has 3 N–H and O–H groups in total. The third-order valence-electron chi connectivity index (χ3n) is 4.83. The Morgan fingerprint density at radius 2 is 2.08 bits per heavy atom. The predicted octanol–water partition coefficient (Wildman–Crippen LogP) is 3.75. The Labute approximate surface area is 155 Å². The van der Waals surface area contributed by atoms with E-state index in [0.717, 1.165) is 19.3 Å². The number of allylic oxidation sites excluding steroid dienone is 2. The van der Waals surface area contributed by atoms with Crippen LogP contribution in [0.4, 0.5) is 0 Å². The van der Waals surface area contributed by atoms with E-state index < -0.39 is 18.2 Å². The highest BCUT2D eigenvalue weighted by Gasteiger charge is 2.39. The van der Waals surface area contributed by atoms with Crippen LogP contribution in [-0.4, -0.2) is 39.4 Å². The van der Waals surface area contributed by atoms with Crippen LogP contribution in [-0.2, 0) is 14.5 Å². The second-order valence-electron chi connectivity index (χ2n) is 6.94. The third-order valence-corrected chi connectivity index (χ3v) is 4.83. The van der Waals surface area contributed by atoms with Gasteiger partial charge in [-0.25, -0.2) is 4.89 Å². The molecule has 1 saturated carbocycles. The molecule has 6 heteroatoms. The maximum Gasteiger partial charge on any atom is 0.303 e. The lowest BCUT2D eigenvalue weighted by Crippen LogP contribution is -2.19. The molecule has 0 aromatic carbocycles. The number of carbonyl (C=O) groups is 2. The molecule has 26 heavy (non-hydrogen) atoms. The maximum atomic E-state index is 12.1. The number of carbonyl (C=O) groups excluding carboxylic acids is 1. The van der Waals surface area contributed by atoms with Crippen molar-refractivity contribution in [2.24, 2.45) is 11.8 Å². The van der Waals surface area contributed by atoms with E-state index in [9.17, 15) is 14.7 Å². The van der Waals surface area contributed by atoms with Crippen LogP contribution in [0.15, 0.2) is 24.3 Å². The van der Waals surface area contributed by atoms with Gasteiger partial charge in [0.2, 0.25) is 0 Å². The molecule has 0 aromatic rings. The molecule has 0 spiro atoms. The van der Waals surface area contributed by atoms with Gasteiger partial charge in [0, 0.05) is 24.7 Å². The minimum absolute atomic E-state index is 0.0368. The van der Waals surface area contributed by atoms with E-state index in [1.165, 1.54) is 0 Å². The number of unbranched alkanes of at least 4 members (excludes halogenated alkanes) is 3. The predicted molar refractivity (Wildman–Crippen MR) is 98.6 cm³/mol. The van der Waals surface area contributed by atoms with Crippen LogP contribution in [0, 0.1) is 11.8 Å². The number of carboxylic acids is 1. The molecular weight excluding hydrogens is 336 g/mol. The van der Waals surface area contributed by atoms with Crippen LogP contribution in [0.1, 0.15) is 64.7 Å². The average Bonchev–Trinajstić information content (AvgIpc) is 2.87. The maximum absolute atomic E-state index is 12.1. The van der Waals surface area contributed by atoms with Crippen LogP contribution in [0.2, 0.25) is 0 Å². The van der Waals surface area contributed by atoms with Crippen LogP contribution in [0.5, 0.6) is 0 Å². The summed E-state index contributed by atoms with van der Waals surface area (Å²) in [6.45, 7) is 2.10. The zero-order chi connectivity index (χ0) is 19.4. The lowest BCUT2D eigenvalue weighted by Gasteiger charge is -2.17. The number of aliphatic hydroxyl groups is 1.